The molecule has 2 rings (SSSR count). The summed E-state index contributed by atoms with van der Waals surface area (Å²) in [5.41, 5.74) is 6.98. The lowest BCUT2D eigenvalue weighted by atomic mass is 10.1. The van der Waals surface area contributed by atoms with Gasteiger partial charge in [-0.15, -0.1) is 0 Å². The first kappa shape index (κ1) is 15.2. The first-order chi connectivity index (χ1) is 9.29. The normalized spacial score (nSPS) is 19.1. The lowest BCUT2D eigenvalue weighted by Gasteiger charge is -2.35. The molecule has 5 nitrogen and oxygen atoms in total. The monoisotopic (exact) mass is 301 g/mol. The van der Waals surface area contributed by atoms with Gasteiger partial charge in [-0.05, 0) is 24.6 Å². The third-order valence-electron chi connectivity index (χ3n) is 3.55. The Balaban J connectivity index is 2.11. The Morgan fingerprint density at radius 2 is 1.85 bits per heavy atom. The van der Waals surface area contributed by atoms with Gasteiger partial charge in [0.25, 0.3) is 0 Å². The molecule has 1 atom stereocenters. The standard InChI is InChI=1S/C13H20FN3O2S/c1-10(15)11-3-4-13(12(14)9-11)16-5-7-17(8-6-16)20(2,18)19/h3-4,9-10H,5-8,15H2,1-2H3. The molecule has 20 heavy (non-hydrogen) atoms. The highest BCUT2D eigenvalue weighted by molar-refractivity contribution is 7.88. The molecule has 0 radical (unpaired) electrons. The smallest absolute Gasteiger partial charge is 0.211 e. The van der Waals surface area contributed by atoms with Crippen LogP contribution in [0.5, 0.6) is 0 Å². The van der Waals surface area contributed by atoms with Crippen molar-refractivity contribution in [2.45, 2.75) is 13.0 Å². The number of nitrogens with zero attached hydrogens (tertiary/aromatic N) is 2. The number of hydrogen-bond donors (Lipinski definition) is 1. The molecule has 1 saturated heterocycles. The van der Waals surface area contributed by atoms with Crippen molar-refractivity contribution in [3.63, 3.8) is 0 Å². The van der Waals surface area contributed by atoms with Crippen molar-refractivity contribution in [1.82, 2.24) is 4.31 Å². The summed E-state index contributed by atoms with van der Waals surface area (Å²) >= 11 is 0. The summed E-state index contributed by atoms with van der Waals surface area (Å²) in [6.45, 7) is 3.54. The van der Waals surface area contributed by atoms with Gasteiger partial charge in [0.2, 0.25) is 10.0 Å². The average molecular weight is 301 g/mol. The van der Waals surface area contributed by atoms with Crippen molar-refractivity contribution in [3.05, 3.63) is 29.6 Å². The summed E-state index contributed by atoms with van der Waals surface area (Å²) in [7, 11) is -3.16. The van der Waals surface area contributed by atoms with Crippen LogP contribution in [0.4, 0.5) is 10.1 Å². The van der Waals surface area contributed by atoms with E-state index in [1.165, 1.54) is 16.6 Å². The van der Waals surface area contributed by atoms with E-state index in [-0.39, 0.29) is 11.9 Å². The highest BCUT2D eigenvalue weighted by atomic mass is 32.2. The maximum absolute atomic E-state index is 14.1. The largest absolute Gasteiger partial charge is 0.367 e. The molecular formula is C13H20FN3O2S. The van der Waals surface area contributed by atoms with E-state index in [4.69, 9.17) is 5.73 Å². The second-order valence-electron chi connectivity index (χ2n) is 5.15. The van der Waals surface area contributed by atoms with E-state index in [0.29, 0.717) is 31.9 Å². The number of sulfonamides is 1. The van der Waals surface area contributed by atoms with E-state index < -0.39 is 10.0 Å². The third kappa shape index (κ3) is 3.28. The van der Waals surface area contributed by atoms with Crippen LogP contribution in [0.1, 0.15) is 18.5 Å². The summed E-state index contributed by atoms with van der Waals surface area (Å²) in [6, 6.07) is 4.76. The van der Waals surface area contributed by atoms with Gasteiger partial charge in [0.1, 0.15) is 5.82 Å². The molecule has 0 saturated carbocycles. The van der Waals surface area contributed by atoms with Crippen LogP contribution in [0.15, 0.2) is 18.2 Å². The molecule has 1 aromatic rings. The molecule has 0 spiro atoms. The van der Waals surface area contributed by atoms with Crippen LogP contribution in [0.2, 0.25) is 0 Å². The highest BCUT2D eigenvalue weighted by Crippen LogP contribution is 2.24. The highest BCUT2D eigenvalue weighted by Gasteiger charge is 2.24. The minimum absolute atomic E-state index is 0.208. The number of nitrogens with two attached hydrogens (primary N) is 1. The second kappa shape index (κ2) is 5.67. The van der Waals surface area contributed by atoms with Gasteiger partial charge >= 0.3 is 0 Å². The van der Waals surface area contributed by atoms with Crippen LogP contribution in [-0.4, -0.2) is 45.2 Å². The molecule has 1 aromatic carbocycles. The Morgan fingerprint density at radius 3 is 2.30 bits per heavy atom. The zero-order valence-electron chi connectivity index (χ0n) is 11.7. The fourth-order valence-electron chi connectivity index (χ4n) is 2.32. The average Bonchev–Trinajstić information content (AvgIpc) is 2.37. The van der Waals surface area contributed by atoms with E-state index in [1.54, 1.807) is 13.0 Å². The summed E-state index contributed by atoms with van der Waals surface area (Å²) in [5.74, 6) is -0.312. The number of rotatable bonds is 3. The van der Waals surface area contributed by atoms with Gasteiger partial charge in [0, 0.05) is 32.2 Å². The number of halogens is 1. The van der Waals surface area contributed by atoms with Gasteiger partial charge < -0.3 is 10.6 Å². The van der Waals surface area contributed by atoms with Crippen LogP contribution < -0.4 is 10.6 Å². The van der Waals surface area contributed by atoms with Crippen LogP contribution in [-0.2, 0) is 10.0 Å². The van der Waals surface area contributed by atoms with Gasteiger partial charge in [0.15, 0.2) is 0 Å². The Hall–Kier alpha value is -1.18. The van der Waals surface area contributed by atoms with E-state index >= 15 is 0 Å². The van der Waals surface area contributed by atoms with Gasteiger partial charge in [-0.1, -0.05) is 6.07 Å². The topological polar surface area (TPSA) is 66.6 Å². The number of benzene rings is 1. The molecule has 1 heterocycles. The van der Waals surface area contributed by atoms with Crippen LogP contribution in [0, 0.1) is 5.82 Å². The minimum Gasteiger partial charge on any atom is -0.367 e. The Bertz CT molecular complexity index is 581. The Labute approximate surface area is 119 Å². The zero-order chi connectivity index (χ0) is 14.9. The molecule has 0 aromatic heterocycles. The van der Waals surface area contributed by atoms with Crippen molar-refractivity contribution < 1.29 is 12.8 Å². The maximum Gasteiger partial charge on any atom is 0.211 e. The Morgan fingerprint density at radius 1 is 1.25 bits per heavy atom. The molecule has 1 aliphatic rings. The SMILES string of the molecule is CC(N)c1ccc(N2CCN(S(C)(=O)=O)CC2)c(F)c1. The molecule has 1 unspecified atom stereocenters. The van der Waals surface area contributed by atoms with Gasteiger partial charge in [-0.25, -0.2) is 12.8 Å². The molecule has 1 fully saturated rings. The molecule has 1 aliphatic heterocycles. The number of hydrogen-bond acceptors (Lipinski definition) is 4. The van der Waals surface area contributed by atoms with Crippen LogP contribution in [0.25, 0.3) is 0 Å². The third-order valence-corrected chi connectivity index (χ3v) is 4.85. The zero-order valence-corrected chi connectivity index (χ0v) is 12.5. The summed E-state index contributed by atoms with van der Waals surface area (Å²) in [4.78, 5) is 1.86. The second-order valence-corrected chi connectivity index (χ2v) is 7.13. The lowest BCUT2D eigenvalue weighted by Crippen LogP contribution is -2.48. The summed E-state index contributed by atoms with van der Waals surface area (Å²) in [5, 5.41) is 0. The minimum atomic E-state index is -3.16. The Kier molecular flexibility index (Phi) is 4.31. The van der Waals surface area contributed by atoms with Crippen molar-refractivity contribution in [2.24, 2.45) is 5.73 Å². The predicted octanol–water partition coefficient (Wildman–Crippen LogP) is 0.927. The van der Waals surface area contributed by atoms with E-state index in [9.17, 15) is 12.8 Å². The predicted molar refractivity (Wildman–Crippen MR) is 77.6 cm³/mol. The van der Waals surface area contributed by atoms with Crippen molar-refractivity contribution in [2.75, 3.05) is 37.3 Å². The maximum atomic E-state index is 14.1. The first-order valence-corrected chi connectivity index (χ1v) is 8.39. The first-order valence-electron chi connectivity index (χ1n) is 6.54. The molecule has 0 aliphatic carbocycles. The quantitative estimate of drug-likeness (QED) is 0.902. The van der Waals surface area contributed by atoms with E-state index in [1.807, 2.05) is 11.0 Å². The van der Waals surface area contributed by atoms with Crippen molar-refractivity contribution in [1.29, 1.82) is 0 Å². The number of anilines is 1. The fourth-order valence-corrected chi connectivity index (χ4v) is 3.15. The van der Waals surface area contributed by atoms with Crippen molar-refractivity contribution in [3.8, 4) is 0 Å². The number of piperazine rings is 1. The van der Waals surface area contributed by atoms with Crippen LogP contribution in [0.3, 0.4) is 0 Å². The molecule has 7 heteroatoms. The van der Waals surface area contributed by atoms with Gasteiger partial charge in [0.05, 0.1) is 11.9 Å². The molecule has 0 amide bonds. The van der Waals surface area contributed by atoms with E-state index in [0.717, 1.165) is 5.56 Å². The van der Waals surface area contributed by atoms with Gasteiger partial charge in [-0.3, -0.25) is 0 Å². The van der Waals surface area contributed by atoms with Crippen molar-refractivity contribution >= 4 is 15.7 Å². The fraction of sp³-hybridized carbons (Fsp3) is 0.538. The molecule has 0 bridgehead atoms. The summed E-state index contributed by atoms with van der Waals surface area (Å²) in [6.07, 6.45) is 1.20. The lowest BCUT2D eigenvalue weighted by molar-refractivity contribution is 0.386. The summed E-state index contributed by atoms with van der Waals surface area (Å²) < 4.78 is 38.4. The molecule has 2 N–H and O–H groups in total. The molecular weight excluding hydrogens is 281 g/mol. The van der Waals surface area contributed by atoms with Gasteiger partial charge in [-0.2, -0.15) is 4.31 Å². The van der Waals surface area contributed by atoms with Crippen LogP contribution >= 0.6 is 0 Å². The molecule has 112 valence electrons. The van der Waals surface area contributed by atoms with E-state index in [2.05, 4.69) is 0 Å².